The fourth-order valence-electron chi connectivity index (χ4n) is 3.59. The van der Waals surface area contributed by atoms with Gasteiger partial charge >= 0.3 is 0 Å². The molecule has 3 aromatic rings. The molecule has 0 amide bonds. The van der Waals surface area contributed by atoms with Gasteiger partial charge in [-0.1, -0.05) is 30.0 Å². The first-order valence-electron chi connectivity index (χ1n) is 10.7. The molecule has 4 rings (SSSR count). The molecule has 32 heavy (non-hydrogen) atoms. The van der Waals surface area contributed by atoms with E-state index in [0.29, 0.717) is 6.10 Å². The van der Waals surface area contributed by atoms with Crippen LogP contribution in [-0.2, 0) is 4.74 Å². The van der Waals surface area contributed by atoms with Crippen molar-refractivity contribution in [2.45, 2.75) is 37.7 Å². The minimum absolute atomic E-state index is 0.321. The number of anilines is 2. The van der Waals surface area contributed by atoms with Crippen LogP contribution < -0.4 is 9.62 Å². The van der Waals surface area contributed by atoms with Crippen LogP contribution in [0, 0.1) is 25.7 Å². The zero-order chi connectivity index (χ0) is 22.3. The van der Waals surface area contributed by atoms with Crippen LogP contribution in [-0.4, -0.2) is 41.3 Å². The van der Waals surface area contributed by atoms with Crippen molar-refractivity contribution in [1.29, 1.82) is 0 Å². The minimum Gasteiger partial charge on any atom is -0.381 e. The van der Waals surface area contributed by atoms with Crippen LogP contribution in [0.1, 0.15) is 35.4 Å². The average Bonchev–Trinajstić information content (AvgIpc) is 2.84. The summed E-state index contributed by atoms with van der Waals surface area (Å²) in [6.07, 6.45) is 5.73. The summed E-state index contributed by atoms with van der Waals surface area (Å²) >= 11 is 1.56. The number of hydrogen-bond donors (Lipinski definition) is 1. The summed E-state index contributed by atoms with van der Waals surface area (Å²) in [6, 6.07) is 12.2. The Labute approximate surface area is 194 Å². The lowest BCUT2D eigenvalue weighted by atomic mass is 10.1. The van der Waals surface area contributed by atoms with Crippen molar-refractivity contribution in [3.8, 4) is 11.8 Å². The van der Waals surface area contributed by atoms with Crippen molar-refractivity contribution < 1.29 is 4.74 Å². The molecule has 0 bridgehead atoms. The summed E-state index contributed by atoms with van der Waals surface area (Å²) in [6.45, 7) is 5.77. The van der Waals surface area contributed by atoms with Crippen molar-refractivity contribution in [2.75, 3.05) is 29.8 Å². The molecule has 6 nitrogen and oxygen atoms in total. The van der Waals surface area contributed by atoms with Gasteiger partial charge in [0.25, 0.3) is 0 Å². The highest BCUT2D eigenvalue weighted by Crippen LogP contribution is 2.25. The smallest absolute Gasteiger partial charge is 0.148 e. The lowest BCUT2D eigenvalue weighted by molar-refractivity contribution is 0.0818. The van der Waals surface area contributed by atoms with Crippen molar-refractivity contribution in [3.63, 3.8) is 0 Å². The van der Waals surface area contributed by atoms with E-state index in [1.165, 1.54) is 0 Å². The Morgan fingerprint density at radius 2 is 1.81 bits per heavy atom. The lowest BCUT2D eigenvalue weighted by Gasteiger charge is -2.32. The highest BCUT2D eigenvalue weighted by molar-refractivity contribution is 8.00. The molecule has 0 radical (unpaired) electrons. The van der Waals surface area contributed by atoms with E-state index in [0.717, 1.165) is 64.8 Å². The van der Waals surface area contributed by atoms with Crippen LogP contribution in [0.25, 0.3) is 0 Å². The summed E-state index contributed by atoms with van der Waals surface area (Å²) < 4.78 is 8.90. The van der Waals surface area contributed by atoms with Crippen molar-refractivity contribution in [2.24, 2.45) is 0 Å². The van der Waals surface area contributed by atoms with E-state index in [4.69, 9.17) is 4.74 Å². The molecule has 0 unspecified atom stereocenters. The van der Waals surface area contributed by atoms with Gasteiger partial charge < -0.3 is 14.4 Å². The monoisotopic (exact) mass is 445 g/mol. The maximum Gasteiger partial charge on any atom is 0.148 e. The van der Waals surface area contributed by atoms with Crippen molar-refractivity contribution in [1.82, 2.24) is 15.0 Å². The normalized spacial score (nSPS) is 14.0. The van der Waals surface area contributed by atoms with Crippen molar-refractivity contribution in [3.05, 3.63) is 71.4 Å². The Morgan fingerprint density at radius 3 is 2.56 bits per heavy atom. The third kappa shape index (κ3) is 5.39. The first kappa shape index (κ1) is 22.1. The van der Waals surface area contributed by atoms with Gasteiger partial charge in [0.05, 0.1) is 28.7 Å². The molecule has 1 saturated heterocycles. The Bertz CT molecular complexity index is 1120. The van der Waals surface area contributed by atoms with Gasteiger partial charge in [-0.15, -0.1) is 0 Å². The molecule has 0 atom stereocenters. The summed E-state index contributed by atoms with van der Waals surface area (Å²) in [5, 5.41) is 0. The molecule has 164 valence electrons. The zero-order valence-electron chi connectivity index (χ0n) is 18.6. The van der Waals surface area contributed by atoms with Gasteiger partial charge in [-0.25, -0.2) is 9.97 Å². The van der Waals surface area contributed by atoms with Gasteiger partial charge in [0.2, 0.25) is 0 Å². The Balaban J connectivity index is 1.54. The number of pyridine rings is 1. The number of benzene rings is 1. The van der Waals surface area contributed by atoms with Crippen LogP contribution in [0.2, 0.25) is 0 Å². The van der Waals surface area contributed by atoms with E-state index in [-0.39, 0.29) is 0 Å². The third-order valence-electron chi connectivity index (χ3n) is 5.53. The van der Waals surface area contributed by atoms with E-state index in [1.807, 2.05) is 44.3 Å². The molecule has 0 saturated carbocycles. The van der Waals surface area contributed by atoms with E-state index >= 15 is 0 Å². The number of nitrogens with one attached hydrogen (secondary N) is 1. The predicted molar refractivity (Wildman–Crippen MR) is 130 cm³/mol. The number of methoxy groups -OCH3 is 1. The van der Waals surface area contributed by atoms with Gasteiger partial charge in [0.15, 0.2) is 0 Å². The second-order valence-corrected chi connectivity index (χ2v) is 8.58. The molecular weight excluding hydrogens is 418 g/mol. The summed E-state index contributed by atoms with van der Waals surface area (Å²) in [5.41, 5.74) is 4.49. The Morgan fingerprint density at radius 1 is 1.03 bits per heavy atom. The van der Waals surface area contributed by atoms with Crippen LogP contribution >= 0.6 is 11.9 Å². The predicted octanol–water partition coefficient (Wildman–Crippen LogP) is 4.62. The van der Waals surface area contributed by atoms with E-state index in [9.17, 15) is 0 Å². The molecule has 7 heteroatoms. The number of nitrogens with zero attached hydrogens (tertiary/aromatic N) is 4. The first-order chi connectivity index (χ1) is 15.6. The second-order valence-electron chi connectivity index (χ2n) is 7.70. The summed E-state index contributed by atoms with van der Waals surface area (Å²) in [5.74, 6) is 7.49. The van der Waals surface area contributed by atoms with Crippen LogP contribution in [0.4, 0.5) is 11.5 Å². The molecular formula is C25H27N5OS. The highest BCUT2D eigenvalue weighted by Gasteiger charge is 2.22. The standard InChI is InChI=1S/C25H27N5OS/c1-18-23(25(28-17-27-18)30-13-11-21(31-3)12-14-30)10-9-20-15-24(19(2)26-16-20)29-32-22-7-5-4-6-8-22/h4-8,15-17,21,29H,11-14H2,1-3H3. The van der Waals surface area contributed by atoms with E-state index < -0.39 is 0 Å². The fraction of sp³-hybridized carbons (Fsp3) is 0.320. The number of aromatic nitrogens is 3. The molecule has 1 aliphatic rings. The van der Waals surface area contributed by atoms with Gasteiger partial charge in [0, 0.05) is 36.9 Å². The third-order valence-corrected chi connectivity index (χ3v) is 6.36. The molecule has 1 aliphatic heterocycles. The van der Waals surface area contributed by atoms with Crippen LogP contribution in [0.3, 0.4) is 0 Å². The number of aryl methyl sites for hydroxylation is 2. The molecule has 0 aliphatic carbocycles. The minimum atomic E-state index is 0.321. The molecule has 0 spiro atoms. The highest BCUT2D eigenvalue weighted by atomic mass is 32.2. The average molecular weight is 446 g/mol. The second kappa shape index (κ2) is 10.5. The first-order valence-corrected chi connectivity index (χ1v) is 11.5. The quantitative estimate of drug-likeness (QED) is 0.454. The molecule has 1 N–H and O–H groups in total. The number of rotatable bonds is 5. The summed E-state index contributed by atoms with van der Waals surface area (Å²) in [4.78, 5) is 16.9. The Kier molecular flexibility index (Phi) is 7.25. The molecule has 1 fully saturated rings. The van der Waals surface area contributed by atoms with E-state index in [2.05, 4.69) is 48.5 Å². The van der Waals surface area contributed by atoms with E-state index in [1.54, 1.807) is 25.4 Å². The van der Waals surface area contributed by atoms with Crippen LogP contribution in [0.5, 0.6) is 0 Å². The fourth-order valence-corrected chi connectivity index (χ4v) is 4.32. The van der Waals surface area contributed by atoms with Gasteiger partial charge in [0.1, 0.15) is 12.1 Å². The van der Waals surface area contributed by atoms with Gasteiger partial charge in [-0.3, -0.25) is 4.98 Å². The molecule has 1 aromatic carbocycles. The number of hydrogen-bond acceptors (Lipinski definition) is 7. The Hall–Kier alpha value is -3.08. The largest absolute Gasteiger partial charge is 0.381 e. The molecule has 2 aromatic heterocycles. The maximum absolute atomic E-state index is 5.50. The zero-order valence-corrected chi connectivity index (χ0v) is 19.4. The van der Waals surface area contributed by atoms with Crippen molar-refractivity contribution >= 4 is 23.5 Å². The van der Waals surface area contributed by atoms with Gasteiger partial charge in [-0.2, -0.15) is 0 Å². The lowest BCUT2D eigenvalue weighted by Crippen LogP contribution is -2.37. The number of ether oxygens (including phenoxy) is 1. The molecule has 3 heterocycles. The SMILES string of the molecule is COC1CCN(c2ncnc(C)c2C#Cc2cnc(C)c(NSc3ccccc3)c2)CC1. The summed E-state index contributed by atoms with van der Waals surface area (Å²) in [7, 11) is 1.78. The number of piperidine rings is 1. The topological polar surface area (TPSA) is 63.2 Å². The maximum atomic E-state index is 5.50. The van der Waals surface area contributed by atoms with Gasteiger partial charge in [-0.05, 0) is 56.8 Å². The van der Waals surface area contributed by atoms with Crippen LogP contribution in [0.15, 0.2) is 53.8 Å².